The largest absolute Gasteiger partial charge is 0.481 e. The minimum Gasteiger partial charge on any atom is -0.481 e. The van der Waals surface area contributed by atoms with Crippen molar-refractivity contribution in [1.82, 2.24) is 0 Å². The number of aliphatic hydroxyl groups excluding tert-OH is 4. The smallest absolute Gasteiger partial charge is 0.303 e. The monoisotopic (exact) mass is 378 g/mol. The first kappa shape index (κ1) is 27.5. The number of rotatable bonds is 17. The Morgan fingerprint density at radius 1 is 0.692 bits per heavy atom. The van der Waals surface area contributed by atoms with Crippen molar-refractivity contribution in [3.63, 3.8) is 0 Å². The van der Waals surface area contributed by atoms with Gasteiger partial charge in [0.15, 0.2) is 0 Å². The first-order chi connectivity index (χ1) is 12.5. The minimum atomic E-state index is -0.694. The van der Waals surface area contributed by atoms with Gasteiger partial charge in [0.05, 0.1) is 25.4 Å². The number of carboxylic acids is 1. The Balaban J connectivity index is 0. The number of carbonyl (C=O) groups is 1. The summed E-state index contributed by atoms with van der Waals surface area (Å²) in [7, 11) is 0. The maximum atomic E-state index is 10.3. The third-order valence-corrected chi connectivity index (χ3v) is 4.23. The lowest BCUT2D eigenvalue weighted by Crippen LogP contribution is -2.13. The van der Waals surface area contributed by atoms with E-state index in [1.165, 1.54) is 19.3 Å². The molecule has 6 nitrogen and oxygen atoms in total. The Morgan fingerprint density at radius 2 is 1.12 bits per heavy atom. The van der Waals surface area contributed by atoms with Gasteiger partial charge in [-0.25, -0.2) is 0 Å². The molecule has 0 aliphatic carbocycles. The van der Waals surface area contributed by atoms with Crippen molar-refractivity contribution in [3.8, 4) is 0 Å². The number of aliphatic hydroxyl groups is 4. The molecule has 5 N–H and O–H groups in total. The minimum absolute atomic E-state index is 0.125. The predicted molar refractivity (Wildman–Crippen MR) is 104 cm³/mol. The molecule has 0 heterocycles. The van der Waals surface area contributed by atoms with Crippen molar-refractivity contribution in [1.29, 1.82) is 0 Å². The molecular formula is C20H42O6. The fourth-order valence-corrected chi connectivity index (χ4v) is 2.72. The molecule has 0 aromatic rings. The molecule has 0 saturated carbocycles. The molecule has 0 radical (unpaired) electrons. The van der Waals surface area contributed by atoms with Crippen LogP contribution in [0.3, 0.4) is 0 Å². The van der Waals surface area contributed by atoms with E-state index in [1.807, 2.05) is 0 Å². The van der Waals surface area contributed by atoms with Crippen LogP contribution in [0, 0.1) is 0 Å². The quantitative estimate of drug-likeness (QED) is 0.248. The average Bonchev–Trinajstić information content (AvgIpc) is 2.61. The van der Waals surface area contributed by atoms with Crippen LogP contribution in [0.1, 0.15) is 96.8 Å². The van der Waals surface area contributed by atoms with Crippen LogP contribution in [0.25, 0.3) is 0 Å². The Hall–Kier alpha value is -0.690. The summed E-state index contributed by atoms with van der Waals surface area (Å²) in [4.78, 5) is 10.3. The van der Waals surface area contributed by atoms with Gasteiger partial charge in [0.2, 0.25) is 0 Å². The zero-order chi connectivity index (χ0) is 20.0. The van der Waals surface area contributed by atoms with Crippen molar-refractivity contribution < 1.29 is 30.3 Å². The summed E-state index contributed by atoms with van der Waals surface area (Å²) in [5, 5.41) is 43.2. The molecule has 2 atom stereocenters. The lowest BCUT2D eigenvalue weighted by Gasteiger charge is -2.13. The van der Waals surface area contributed by atoms with Crippen LogP contribution in [0.5, 0.6) is 0 Å². The van der Waals surface area contributed by atoms with Gasteiger partial charge in [-0.15, -0.1) is 0 Å². The number of unbranched alkanes of at least 4 members (excludes halogenated alkanes) is 7. The third kappa shape index (κ3) is 25.5. The van der Waals surface area contributed by atoms with Crippen molar-refractivity contribution in [2.45, 2.75) is 109 Å². The predicted octanol–water partition coefficient (Wildman–Crippen LogP) is 3.25. The van der Waals surface area contributed by atoms with E-state index in [0.717, 1.165) is 51.4 Å². The number of carboxylic acid groups (broad SMARTS) is 1. The maximum absolute atomic E-state index is 10.3. The Bertz CT molecular complexity index is 283. The fourth-order valence-electron chi connectivity index (χ4n) is 2.72. The van der Waals surface area contributed by atoms with Gasteiger partial charge >= 0.3 is 5.97 Å². The van der Waals surface area contributed by atoms with Crippen molar-refractivity contribution in [2.75, 3.05) is 13.2 Å². The SMILES string of the molecule is CCCC(O)CCC(O)CCCCCCCCCCC(=O)O.OCCO. The van der Waals surface area contributed by atoms with Crippen LogP contribution < -0.4 is 0 Å². The number of hydrogen-bond acceptors (Lipinski definition) is 5. The molecule has 0 spiro atoms. The van der Waals surface area contributed by atoms with Crippen LogP contribution in [-0.4, -0.2) is 56.9 Å². The molecular weight excluding hydrogens is 336 g/mol. The van der Waals surface area contributed by atoms with Gasteiger partial charge < -0.3 is 25.5 Å². The van der Waals surface area contributed by atoms with E-state index >= 15 is 0 Å². The van der Waals surface area contributed by atoms with E-state index in [1.54, 1.807) is 0 Å². The molecule has 0 aliphatic heterocycles. The summed E-state index contributed by atoms with van der Waals surface area (Å²) in [5.74, 6) is -0.694. The fraction of sp³-hybridized carbons (Fsp3) is 0.950. The molecule has 0 amide bonds. The van der Waals surface area contributed by atoms with Gasteiger partial charge in [-0.2, -0.15) is 0 Å². The summed E-state index contributed by atoms with van der Waals surface area (Å²) >= 11 is 0. The summed E-state index contributed by atoms with van der Waals surface area (Å²) in [6.45, 7) is 1.81. The van der Waals surface area contributed by atoms with E-state index in [0.29, 0.717) is 19.3 Å². The zero-order valence-corrected chi connectivity index (χ0v) is 16.6. The lowest BCUT2D eigenvalue weighted by atomic mass is 10.0. The van der Waals surface area contributed by atoms with Crippen LogP contribution >= 0.6 is 0 Å². The highest BCUT2D eigenvalue weighted by atomic mass is 16.4. The summed E-state index contributed by atoms with van der Waals surface area (Å²) in [6.07, 6.45) is 12.6. The van der Waals surface area contributed by atoms with Crippen molar-refractivity contribution >= 4 is 5.97 Å². The van der Waals surface area contributed by atoms with Gasteiger partial charge in [-0.05, 0) is 32.1 Å². The van der Waals surface area contributed by atoms with Gasteiger partial charge in [0, 0.05) is 6.42 Å². The third-order valence-electron chi connectivity index (χ3n) is 4.23. The lowest BCUT2D eigenvalue weighted by molar-refractivity contribution is -0.137. The second-order valence-corrected chi connectivity index (χ2v) is 6.88. The maximum Gasteiger partial charge on any atom is 0.303 e. The second kappa shape index (κ2) is 22.4. The van der Waals surface area contributed by atoms with Crippen LogP contribution in [-0.2, 0) is 4.79 Å². The standard InChI is InChI=1S/C18H36O4.C2H6O2/c1-2-11-16(19)14-15-17(20)12-9-7-5-3-4-6-8-10-13-18(21)22;3-1-2-4/h16-17,19-20H,2-15H2,1H3,(H,21,22);3-4H,1-2H2. The molecule has 158 valence electrons. The van der Waals surface area contributed by atoms with Gasteiger partial charge in [-0.3, -0.25) is 4.79 Å². The van der Waals surface area contributed by atoms with Crippen LogP contribution in [0.4, 0.5) is 0 Å². The van der Waals surface area contributed by atoms with E-state index in [-0.39, 0.29) is 25.4 Å². The molecule has 0 rings (SSSR count). The highest BCUT2D eigenvalue weighted by molar-refractivity contribution is 5.66. The van der Waals surface area contributed by atoms with Crippen LogP contribution in [0.2, 0.25) is 0 Å². The Morgan fingerprint density at radius 3 is 1.54 bits per heavy atom. The van der Waals surface area contributed by atoms with E-state index in [9.17, 15) is 15.0 Å². The van der Waals surface area contributed by atoms with Gasteiger partial charge in [0.25, 0.3) is 0 Å². The Kier molecular flexibility index (Phi) is 23.7. The summed E-state index contributed by atoms with van der Waals surface area (Å²) in [5.41, 5.74) is 0. The second-order valence-electron chi connectivity index (χ2n) is 6.88. The molecule has 0 fully saturated rings. The van der Waals surface area contributed by atoms with Crippen molar-refractivity contribution in [3.05, 3.63) is 0 Å². The van der Waals surface area contributed by atoms with E-state index in [4.69, 9.17) is 15.3 Å². The molecule has 0 bridgehead atoms. The molecule has 26 heavy (non-hydrogen) atoms. The highest BCUT2D eigenvalue weighted by Gasteiger charge is 2.08. The van der Waals surface area contributed by atoms with E-state index < -0.39 is 5.97 Å². The zero-order valence-electron chi connectivity index (χ0n) is 16.6. The van der Waals surface area contributed by atoms with Gasteiger partial charge in [-0.1, -0.05) is 58.3 Å². The normalized spacial score (nSPS) is 13.0. The average molecular weight is 379 g/mol. The number of hydrogen-bond donors (Lipinski definition) is 5. The van der Waals surface area contributed by atoms with Gasteiger partial charge in [0.1, 0.15) is 0 Å². The first-order valence-corrected chi connectivity index (χ1v) is 10.3. The van der Waals surface area contributed by atoms with Crippen molar-refractivity contribution in [2.24, 2.45) is 0 Å². The molecule has 0 saturated heterocycles. The Labute approximate surface area is 159 Å². The van der Waals surface area contributed by atoms with E-state index in [2.05, 4.69) is 6.92 Å². The topological polar surface area (TPSA) is 118 Å². The summed E-state index contributed by atoms with van der Waals surface area (Å²) in [6, 6.07) is 0. The highest BCUT2D eigenvalue weighted by Crippen LogP contribution is 2.14. The molecule has 0 aromatic carbocycles. The molecule has 0 aromatic heterocycles. The molecule has 0 aliphatic rings. The molecule has 2 unspecified atom stereocenters. The molecule has 6 heteroatoms. The van der Waals surface area contributed by atoms with Crippen LogP contribution in [0.15, 0.2) is 0 Å². The summed E-state index contributed by atoms with van der Waals surface area (Å²) < 4.78 is 0. The first-order valence-electron chi connectivity index (χ1n) is 10.3. The number of aliphatic carboxylic acids is 1.